The molecule has 2 aromatic heterocycles. The second-order valence-corrected chi connectivity index (χ2v) is 4.64. The third kappa shape index (κ3) is 2.66. The van der Waals surface area contributed by atoms with Crippen LogP contribution < -0.4 is 5.32 Å². The smallest absolute Gasteiger partial charge is 0.117 e. The van der Waals surface area contributed by atoms with E-state index in [1.807, 2.05) is 37.5 Å². The molecule has 19 heavy (non-hydrogen) atoms. The van der Waals surface area contributed by atoms with Crippen LogP contribution in [0, 0.1) is 6.92 Å². The monoisotopic (exact) mass is 252 g/mol. The summed E-state index contributed by atoms with van der Waals surface area (Å²) in [7, 11) is 0. The van der Waals surface area contributed by atoms with Crippen molar-refractivity contribution in [2.75, 3.05) is 0 Å². The van der Waals surface area contributed by atoms with Crippen molar-refractivity contribution in [1.82, 2.24) is 10.3 Å². The van der Waals surface area contributed by atoms with Crippen LogP contribution in [0.25, 0.3) is 10.8 Å². The molecule has 0 unspecified atom stereocenters. The summed E-state index contributed by atoms with van der Waals surface area (Å²) >= 11 is 0. The first-order chi connectivity index (χ1) is 9.33. The summed E-state index contributed by atoms with van der Waals surface area (Å²) in [5, 5.41) is 5.82. The third-order valence-corrected chi connectivity index (χ3v) is 3.16. The van der Waals surface area contributed by atoms with Crippen molar-refractivity contribution >= 4 is 10.8 Å². The number of rotatable bonds is 4. The molecule has 0 saturated carbocycles. The number of nitrogens with zero attached hydrogens (tertiary/aromatic N) is 1. The minimum absolute atomic E-state index is 0.733. The Bertz CT molecular complexity index is 683. The van der Waals surface area contributed by atoms with Gasteiger partial charge in [0.2, 0.25) is 0 Å². The molecule has 96 valence electrons. The molecule has 0 radical (unpaired) electrons. The maximum absolute atomic E-state index is 5.53. The van der Waals surface area contributed by atoms with E-state index in [1.165, 1.54) is 16.3 Å². The molecule has 3 nitrogen and oxygen atoms in total. The van der Waals surface area contributed by atoms with Crippen LogP contribution in [-0.2, 0) is 13.1 Å². The zero-order valence-electron chi connectivity index (χ0n) is 10.9. The molecule has 0 aliphatic carbocycles. The number of nitrogens with one attached hydrogen (secondary N) is 1. The van der Waals surface area contributed by atoms with E-state index < -0.39 is 0 Å². The summed E-state index contributed by atoms with van der Waals surface area (Å²) in [6.45, 7) is 3.48. The highest BCUT2D eigenvalue weighted by atomic mass is 16.3. The topological polar surface area (TPSA) is 38.1 Å². The molecule has 0 atom stereocenters. The van der Waals surface area contributed by atoms with Crippen LogP contribution in [0.2, 0.25) is 0 Å². The molecule has 1 N–H and O–H groups in total. The number of furan rings is 1. The van der Waals surface area contributed by atoms with Gasteiger partial charge in [-0.05, 0) is 30.0 Å². The molecular weight excluding hydrogens is 236 g/mol. The van der Waals surface area contributed by atoms with E-state index in [2.05, 4.69) is 28.5 Å². The Morgan fingerprint density at radius 1 is 1.05 bits per heavy atom. The number of hydrogen-bond acceptors (Lipinski definition) is 3. The first-order valence-corrected chi connectivity index (χ1v) is 6.40. The molecule has 0 fully saturated rings. The minimum Gasteiger partial charge on any atom is -0.465 e. The Labute approximate surface area is 112 Å². The lowest BCUT2D eigenvalue weighted by Gasteiger charge is -2.06. The summed E-state index contributed by atoms with van der Waals surface area (Å²) in [5.74, 6) is 1.91. The van der Waals surface area contributed by atoms with Gasteiger partial charge in [-0.3, -0.25) is 4.98 Å². The lowest BCUT2D eigenvalue weighted by atomic mass is 10.1. The summed E-state index contributed by atoms with van der Waals surface area (Å²) in [6.07, 6.45) is 3.82. The average molecular weight is 252 g/mol. The van der Waals surface area contributed by atoms with Crippen molar-refractivity contribution in [3.05, 3.63) is 65.9 Å². The maximum atomic E-state index is 5.53. The standard InChI is InChI=1S/C16H16N2O/c1-12-6-7-15(19-12)11-18-10-14-9-17-8-13-4-2-3-5-16(13)14/h2-9,18H,10-11H2,1H3. The Hall–Kier alpha value is -2.13. The number of pyridine rings is 1. The van der Waals surface area contributed by atoms with Crippen LogP contribution in [0.5, 0.6) is 0 Å². The van der Waals surface area contributed by atoms with Crippen LogP contribution in [-0.4, -0.2) is 4.98 Å². The molecule has 0 spiro atoms. The normalized spacial score (nSPS) is 11.0. The molecule has 0 saturated heterocycles. The number of benzene rings is 1. The van der Waals surface area contributed by atoms with E-state index in [1.54, 1.807) is 0 Å². The fraction of sp³-hybridized carbons (Fsp3) is 0.188. The van der Waals surface area contributed by atoms with Crippen molar-refractivity contribution in [2.24, 2.45) is 0 Å². The van der Waals surface area contributed by atoms with Gasteiger partial charge in [0.05, 0.1) is 6.54 Å². The van der Waals surface area contributed by atoms with Gasteiger partial charge in [0.1, 0.15) is 11.5 Å². The average Bonchev–Trinajstić information content (AvgIpc) is 2.85. The molecule has 1 aromatic carbocycles. The summed E-state index contributed by atoms with van der Waals surface area (Å²) in [4.78, 5) is 4.28. The van der Waals surface area contributed by atoms with E-state index in [9.17, 15) is 0 Å². The zero-order chi connectivity index (χ0) is 13.1. The van der Waals surface area contributed by atoms with Gasteiger partial charge in [-0.2, -0.15) is 0 Å². The van der Waals surface area contributed by atoms with Crippen LogP contribution in [0.3, 0.4) is 0 Å². The van der Waals surface area contributed by atoms with Gasteiger partial charge in [-0.25, -0.2) is 0 Å². The van der Waals surface area contributed by atoms with Crippen LogP contribution in [0.1, 0.15) is 17.1 Å². The van der Waals surface area contributed by atoms with Gasteiger partial charge in [0, 0.05) is 24.3 Å². The molecule has 3 heteroatoms. The van der Waals surface area contributed by atoms with Crippen LogP contribution in [0.4, 0.5) is 0 Å². The lowest BCUT2D eigenvalue weighted by Crippen LogP contribution is -2.12. The van der Waals surface area contributed by atoms with Gasteiger partial charge < -0.3 is 9.73 Å². The largest absolute Gasteiger partial charge is 0.465 e. The fourth-order valence-electron chi connectivity index (χ4n) is 2.22. The molecule has 0 bridgehead atoms. The van der Waals surface area contributed by atoms with Crippen molar-refractivity contribution in [3.63, 3.8) is 0 Å². The second-order valence-electron chi connectivity index (χ2n) is 4.64. The number of hydrogen-bond donors (Lipinski definition) is 1. The first-order valence-electron chi connectivity index (χ1n) is 6.40. The fourth-order valence-corrected chi connectivity index (χ4v) is 2.22. The zero-order valence-corrected chi connectivity index (χ0v) is 10.9. The Kier molecular flexibility index (Phi) is 3.29. The SMILES string of the molecule is Cc1ccc(CNCc2cncc3ccccc23)o1. The van der Waals surface area contributed by atoms with Crippen LogP contribution in [0.15, 0.2) is 53.2 Å². The van der Waals surface area contributed by atoms with Crippen molar-refractivity contribution in [3.8, 4) is 0 Å². The van der Waals surface area contributed by atoms with Crippen molar-refractivity contribution < 1.29 is 4.42 Å². The summed E-state index contributed by atoms with van der Waals surface area (Å²) in [5.41, 5.74) is 1.21. The Morgan fingerprint density at radius 2 is 1.95 bits per heavy atom. The summed E-state index contributed by atoms with van der Waals surface area (Å²) in [6, 6.07) is 12.3. The van der Waals surface area contributed by atoms with Gasteiger partial charge in [0.25, 0.3) is 0 Å². The molecule has 3 aromatic rings. The van der Waals surface area contributed by atoms with Crippen LogP contribution >= 0.6 is 0 Å². The minimum atomic E-state index is 0.733. The van der Waals surface area contributed by atoms with E-state index >= 15 is 0 Å². The van der Waals surface area contributed by atoms with Gasteiger partial charge >= 0.3 is 0 Å². The van der Waals surface area contributed by atoms with Gasteiger partial charge in [-0.15, -0.1) is 0 Å². The number of aromatic nitrogens is 1. The van der Waals surface area contributed by atoms with E-state index in [4.69, 9.17) is 4.42 Å². The predicted molar refractivity (Wildman–Crippen MR) is 75.7 cm³/mol. The summed E-state index contributed by atoms with van der Waals surface area (Å²) < 4.78 is 5.53. The maximum Gasteiger partial charge on any atom is 0.117 e. The quantitative estimate of drug-likeness (QED) is 0.773. The first kappa shape index (κ1) is 11.9. The number of fused-ring (bicyclic) bond motifs is 1. The van der Waals surface area contributed by atoms with Gasteiger partial charge in [0.15, 0.2) is 0 Å². The highest BCUT2D eigenvalue weighted by molar-refractivity contribution is 5.84. The molecule has 2 heterocycles. The second kappa shape index (κ2) is 5.24. The van der Waals surface area contributed by atoms with Crippen molar-refractivity contribution in [1.29, 1.82) is 0 Å². The molecule has 0 aliphatic rings. The van der Waals surface area contributed by atoms with E-state index in [-0.39, 0.29) is 0 Å². The molecule has 0 amide bonds. The van der Waals surface area contributed by atoms with E-state index in [0.29, 0.717) is 0 Å². The van der Waals surface area contributed by atoms with Crippen molar-refractivity contribution in [2.45, 2.75) is 20.0 Å². The molecular formula is C16H16N2O. The Morgan fingerprint density at radius 3 is 2.79 bits per heavy atom. The molecule has 0 aliphatic heterocycles. The predicted octanol–water partition coefficient (Wildman–Crippen LogP) is 3.43. The molecule has 3 rings (SSSR count). The highest BCUT2D eigenvalue weighted by Gasteiger charge is 2.02. The third-order valence-electron chi connectivity index (χ3n) is 3.16. The number of aryl methyl sites for hydroxylation is 1. The van der Waals surface area contributed by atoms with Gasteiger partial charge in [-0.1, -0.05) is 24.3 Å². The lowest BCUT2D eigenvalue weighted by molar-refractivity contribution is 0.462. The Balaban J connectivity index is 1.71. The highest BCUT2D eigenvalue weighted by Crippen LogP contribution is 2.16. The van der Waals surface area contributed by atoms with E-state index in [0.717, 1.165) is 24.6 Å².